The molecule has 0 aliphatic rings. The predicted octanol–water partition coefficient (Wildman–Crippen LogP) is 2.11. The first-order valence-electron chi connectivity index (χ1n) is 3.02. The zero-order chi connectivity index (χ0) is 8.15. The minimum absolute atomic E-state index is 0.204. The highest BCUT2D eigenvalue weighted by molar-refractivity contribution is 8.76. The Morgan fingerprint density at radius 3 is 2.10 bits per heavy atom. The zero-order valence-corrected chi connectivity index (χ0v) is 7.96. The average molecular weight is 180 g/mol. The topological polar surface area (TPSA) is 37.3 Å². The minimum atomic E-state index is -0.714. The van der Waals surface area contributed by atoms with Crippen molar-refractivity contribution in [2.24, 2.45) is 5.92 Å². The highest BCUT2D eigenvalue weighted by Gasteiger charge is 2.21. The summed E-state index contributed by atoms with van der Waals surface area (Å²) in [6, 6.07) is 0. The van der Waals surface area contributed by atoms with Gasteiger partial charge in [-0.2, -0.15) is 0 Å². The first-order valence-corrected chi connectivity index (χ1v) is 5.64. The molecule has 2 nitrogen and oxygen atoms in total. The SMILES string of the molecule is CSSC(C(=O)O)C(C)C. The molecular formula is C6H12O2S2. The van der Waals surface area contributed by atoms with E-state index in [1.54, 1.807) is 0 Å². The molecule has 0 heterocycles. The van der Waals surface area contributed by atoms with Crippen LogP contribution >= 0.6 is 21.6 Å². The molecule has 0 aliphatic carbocycles. The predicted molar refractivity (Wildman–Crippen MR) is 47.4 cm³/mol. The number of carboxylic acid groups (broad SMARTS) is 1. The van der Waals surface area contributed by atoms with Crippen LogP contribution in [0.5, 0.6) is 0 Å². The molecule has 0 fully saturated rings. The average Bonchev–Trinajstić information content (AvgIpc) is 1.81. The highest BCUT2D eigenvalue weighted by Crippen LogP contribution is 2.28. The van der Waals surface area contributed by atoms with Gasteiger partial charge < -0.3 is 5.11 Å². The number of hydrogen-bond donors (Lipinski definition) is 1. The van der Waals surface area contributed by atoms with Crippen molar-refractivity contribution in [3.05, 3.63) is 0 Å². The molecule has 0 bridgehead atoms. The van der Waals surface area contributed by atoms with Gasteiger partial charge in [0.05, 0.1) is 0 Å². The summed E-state index contributed by atoms with van der Waals surface area (Å²) in [6.07, 6.45) is 1.89. The van der Waals surface area contributed by atoms with Crippen LogP contribution in [0.25, 0.3) is 0 Å². The van der Waals surface area contributed by atoms with Crippen LogP contribution in [0.2, 0.25) is 0 Å². The summed E-state index contributed by atoms with van der Waals surface area (Å²) in [7, 11) is 2.91. The summed E-state index contributed by atoms with van der Waals surface area (Å²) in [5.41, 5.74) is 0. The standard InChI is InChI=1S/C6H12O2S2/c1-4(2)5(6(7)8)10-9-3/h4-5H,1-3H3,(H,7,8). The number of carboxylic acids is 1. The highest BCUT2D eigenvalue weighted by atomic mass is 33.1. The van der Waals surface area contributed by atoms with Gasteiger partial charge in [0.2, 0.25) is 0 Å². The number of aliphatic carboxylic acids is 1. The van der Waals surface area contributed by atoms with Crippen LogP contribution in [0.15, 0.2) is 0 Å². The molecule has 0 amide bonds. The second-order valence-electron chi connectivity index (χ2n) is 2.27. The molecule has 1 N–H and O–H groups in total. The molecule has 0 radical (unpaired) electrons. The molecule has 0 aromatic heterocycles. The van der Waals surface area contributed by atoms with Crippen molar-refractivity contribution < 1.29 is 9.90 Å². The van der Waals surface area contributed by atoms with Crippen molar-refractivity contribution >= 4 is 27.6 Å². The summed E-state index contributed by atoms with van der Waals surface area (Å²) in [6.45, 7) is 3.84. The van der Waals surface area contributed by atoms with Gasteiger partial charge in [-0.15, -0.1) is 0 Å². The molecule has 0 saturated heterocycles. The first kappa shape index (κ1) is 10.2. The van der Waals surface area contributed by atoms with Crippen LogP contribution in [0.3, 0.4) is 0 Å². The largest absolute Gasteiger partial charge is 0.480 e. The van der Waals surface area contributed by atoms with Gasteiger partial charge in [-0.25, -0.2) is 0 Å². The Hall–Kier alpha value is 0.170. The van der Waals surface area contributed by atoms with E-state index in [9.17, 15) is 4.79 Å². The maximum atomic E-state index is 10.5. The van der Waals surface area contributed by atoms with Gasteiger partial charge in [0.25, 0.3) is 0 Å². The number of hydrogen-bond acceptors (Lipinski definition) is 3. The second-order valence-corrected chi connectivity index (χ2v) is 4.88. The van der Waals surface area contributed by atoms with Crippen molar-refractivity contribution in [3.8, 4) is 0 Å². The Kier molecular flexibility index (Phi) is 4.99. The van der Waals surface area contributed by atoms with Crippen molar-refractivity contribution in [1.82, 2.24) is 0 Å². The molecule has 0 spiro atoms. The Balaban J connectivity index is 3.85. The van der Waals surface area contributed by atoms with Crippen molar-refractivity contribution in [3.63, 3.8) is 0 Å². The maximum Gasteiger partial charge on any atom is 0.317 e. The van der Waals surface area contributed by atoms with E-state index in [2.05, 4.69) is 0 Å². The first-order chi connectivity index (χ1) is 4.59. The lowest BCUT2D eigenvalue weighted by molar-refractivity contribution is -0.137. The van der Waals surface area contributed by atoms with Crippen molar-refractivity contribution in [2.75, 3.05) is 6.26 Å². The van der Waals surface area contributed by atoms with Crippen LogP contribution in [0.1, 0.15) is 13.8 Å². The number of rotatable bonds is 4. The molecule has 0 rings (SSSR count). The van der Waals surface area contributed by atoms with Gasteiger partial charge in [-0.3, -0.25) is 4.79 Å². The molecule has 1 atom stereocenters. The summed E-state index contributed by atoms with van der Waals surface area (Å²) in [5.74, 6) is -0.510. The molecule has 4 heteroatoms. The lowest BCUT2D eigenvalue weighted by Gasteiger charge is -2.12. The minimum Gasteiger partial charge on any atom is -0.480 e. The normalized spacial score (nSPS) is 13.6. The molecule has 0 aromatic carbocycles. The van der Waals surface area contributed by atoms with Gasteiger partial charge in [-0.1, -0.05) is 35.4 Å². The monoisotopic (exact) mass is 180 g/mol. The Morgan fingerprint density at radius 2 is 2.00 bits per heavy atom. The van der Waals surface area contributed by atoms with Gasteiger partial charge in [-0.05, 0) is 12.2 Å². The van der Waals surface area contributed by atoms with Crippen LogP contribution in [-0.4, -0.2) is 22.6 Å². The summed E-state index contributed by atoms with van der Waals surface area (Å²) in [4.78, 5) is 10.5. The molecule has 0 aliphatic heterocycles. The Labute approximate surface area is 69.2 Å². The molecule has 0 aromatic rings. The van der Waals surface area contributed by atoms with E-state index in [1.165, 1.54) is 21.6 Å². The summed E-state index contributed by atoms with van der Waals surface area (Å²) < 4.78 is 0. The maximum absolute atomic E-state index is 10.5. The fourth-order valence-electron chi connectivity index (χ4n) is 0.541. The Bertz CT molecular complexity index is 114. The van der Waals surface area contributed by atoms with Gasteiger partial charge >= 0.3 is 5.97 Å². The Morgan fingerprint density at radius 1 is 1.50 bits per heavy atom. The van der Waals surface area contributed by atoms with Crippen LogP contribution in [0, 0.1) is 5.92 Å². The van der Waals surface area contributed by atoms with E-state index in [1.807, 2.05) is 20.1 Å². The number of carbonyl (C=O) groups is 1. The molecule has 10 heavy (non-hydrogen) atoms. The van der Waals surface area contributed by atoms with Crippen LogP contribution < -0.4 is 0 Å². The fourth-order valence-corrected chi connectivity index (χ4v) is 2.59. The third-order valence-corrected chi connectivity index (χ3v) is 3.39. The third-order valence-electron chi connectivity index (χ3n) is 1.05. The van der Waals surface area contributed by atoms with Crippen molar-refractivity contribution in [2.45, 2.75) is 19.1 Å². The smallest absolute Gasteiger partial charge is 0.317 e. The fraction of sp³-hybridized carbons (Fsp3) is 0.833. The zero-order valence-electron chi connectivity index (χ0n) is 6.33. The van der Waals surface area contributed by atoms with Crippen molar-refractivity contribution in [1.29, 1.82) is 0 Å². The molecule has 60 valence electrons. The van der Waals surface area contributed by atoms with Gasteiger partial charge in [0.15, 0.2) is 0 Å². The van der Waals surface area contributed by atoms with E-state index < -0.39 is 5.97 Å². The third kappa shape index (κ3) is 3.37. The summed E-state index contributed by atoms with van der Waals surface area (Å²) in [5, 5.41) is 8.37. The van der Waals surface area contributed by atoms with E-state index in [4.69, 9.17) is 5.11 Å². The molecule has 1 unspecified atom stereocenters. The quantitative estimate of drug-likeness (QED) is 0.672. The molecular weight excluding hydrogens is 168 g/mol. The van der Waals surface area contributed by atoms with Crippen LogP contribution in [-0.2, 0) is 4.79 Å². The van der Waals surface area contributed by atoms with Gasteiger partial charge in [0.1, 0.15) is 5.25 Å². The lowest BCUT2D eigenvalue weighted by atomic mass is 10.1. The van der Waals surface area contributed by atoms with E-state index in [0.717, 1.165) is 0 Å². The van der Waals surface area contributed by atoms with Gasteiger partial charge in [0, 0.05) is 0 Å². The van der Waals surface area contributed by atoms with E-state index in [0.29, 0.717) is 0 Å². The van der Waals surface area contributed by atoms with E-state index >= 15 is 0 Å². The van der Waals surface area contributed by atoms with Crippen LogP contribution in [0.4, 0.5) is 0 Å². The lowest BCUT2D eigenvalue weighted by Crippen LogP contribution is -2.21. The molecule has 0 saturated carbocycles. The summed E-state index contributed by atoms with van der Waals surface area (Å²) >= 11 is 0. The van der Waals surface area contributed by atoms with E-state index in [-0.39, 0.29) is 11.2 Å². The second kappa shape index (κ2) is 4.91.